The highest BCUT2D eigenvalue weighted by molar-refractivity contribution is 5.95. The first-order valence-electron chi connectivity index (χ1n) is 9.61. The summed E-state index contributed by atoms with van der Waals surface area (Å²) in [6, 6.07) is 5.75. The van der Waals surface area contributed by atoms with Gasteiger partial charge in [-0.2, -0.15) is 0 Å². The van der Waals surface area contributed by atoms with Gasteiger partial charge in [-0.05, 0) is 61.9 Å². The Morgan fingerprint density at radius 1 is 1.32 bits per heavy atom. The van der Waals surface area contributed by atoms with Crippen LogP contribution in [0.1, 0.15) is 35.2 Å². The van der Waals surface area contributed by atoms with E-state index >= 15 is 0 Å². The second kappa shape index (κ2) is 6.82. The maximum atomic E-state index is 13.0. The van der Waals surface area contributed by atoms with E-state index in [2.05, 4.69) is 10.1 Å². The molecule has 3 N–H and O–H groups in total. The van der Waals surface area contributed by atoms with Crippen molar-refractivity contribution in [1.29, 1.82) is 0 Å². The van der Waals surface area contributed by atoms with E-state index in [9.17, 15) is 9.59 Å². The number of amides is 1. The van der Waals surface area contributed by atoms with E-state index in [1.807, 2.05) is 36.9 Å². The number of hydrogen-bond donors (Lipinski definition) is 2. The summed E-state index contributed by atoms with van der Waals surface area (Å²) in [5.41, 5.74) is 12.1. The fourth-order valence-electron chi connectivity index (χ4n) is 4.29. The molecule has 0 unspecified atom stereocenters. The molecule has 1 aliphatic rings. The Bertz CT molecular complexity index is 1140. The van der Waals surface area contributed by atoms with Gasteiger partial charge in [0, 0.05) is 37.1 Å². The minimum Gasteiger partial charge on any atom is -0.398 e. The lowest BCUT2D eigenvalue weighted by atomic mass is 9.97. The third kappa shape index (κ3) is 2.87. The number of aryl methyl sites for hydroxylation is 3. The Morgan fingerprint density at radius 3 is 2.89 bits per heavy atom. The van der Waals surface area contributed by atoms with Crippen molar-refractivity contribution in [1.82, 2.24) is 14.8 Å². The summed E-state index contributed by atoms with van der Waals surface area (Å²) in [7, 11) is 1.78. The smallest absolute Gasteiger partial charge is 0.273 e. The number of aromatic amines is 1. The Labute approximate surface area is 163 Å². The second-order valence-corrected chi connectivity index (χ2v) is 7.49. The number of benzene rings is 1. The molecule has 3 aromatic rings. The molecule has 1 aromatic carbocycles. The average molecular weight is 379 g/mol. The van der Waals surface area contributed by atoms with E-state index in [1.54, 1.807) is 11.7 Å². The van der Waals surface area contributed by atoms with Crippen molar-refractivity contribution in [3.8, 4) is 0 Å². The van der Waals surface area contributed by atoms with Gasteiger partial charge in [-0.1, -0.05) is 6.07 Å². The van der Waals surface area contributed by atoms with Crippen LogP contribution in [0.25, 0.3) is 11.0 Å². The van der Waals surface area contributed by atoms with Gasteiger partial charge in [-0.3, -0.25) is 19.4 Å². The van der Waals surface area contributed by atoms with E-state index in [-0.39, 0.29) is 11.5 Å². The molecule has 4 rings (SSSR count). The summed E-state index contributed by atoms with van der Waals surface area (Å²) >= 11 is 0. The molecule has 146 valence electrons. The minimum atomic E-state index is -0.143. The van der Waals surface area contributed by atoms with Gasteiger partial charge in [-0.15, -0.1) is 0 Å². The number of nitrogens with zero attached hydrogens (tertiary/aromatic N) is 3. The number of nitrogens with two attached hydrogens (primary N) is 1. The summed E-state index contributed by atoms with van der Waals surface area (Å²) in [4.78, 5) is 31.7. The predicted molar refractivity (Wildman–Crippen MR) is 111 cm³/mol. The average Bonchev–Trinajstić information content (AvgIpc) is 2.94. The molecule has 7 heteroatoms. The summed E-state index contributed by atoms with van der Waals surface area (Å²) in [6.07, 6.45) is 2.75. The van der Waals surface area contributed by atoms with E-state index in [0.29, 0.717) is 30.4 Å². The van der Waals surface area contributed by atoms with Crippen LogP contribution in [0.15, 0.2) is 23.0 Å². The number of fused-ring (bicyclic) bond motifs is 2. The number of rotatable bonds is 3. The van der Waals surface area contributed by atoms with Crippen LogP contribution < -0.4 is 16.2 Å². The molecule has 0 atom stereocenters. The molecule has 0 fully saturated rings. The Morgan fingerprint density at radius 2 is 2.11 bits per heavy atom. The number of anilines is 2. The lowest BCUT2D eigenvalue weighted by Gasteiger charge is -2.30. The van der Waals surface area contributed by atoms with Gasteiger partial charge in [0.25, 0.3) is 5.56 Å². The standard InChI is InChI=1S/C21H25N5O2/c1-12-14(13(2)23-20-19(12)21(28)24-25(20)3)9-10-18(27)26-11-5-6-15-16(22)7-4-8-17(15)26/h4,7-8H,5-6,9-11,22H2,1-3H3,(H,24,28). The first-order chi connectivity index (χ1) is 13.4. The number of nitrogens with one attached hydrogen (secondary N) is 1. The summed E-state index contributed by atoms with van der Waals surface area (Å²) in [5, 5.41) is 3.36. The molecule has 1 amide bonds. The monoisotopic (exact) mass is 379 g/mol. The van der Waals surface area contributed by atoms with Gasteiger partial charge < -0.3 is 10.6 Å². The number of carbonyl (C=O) groups is 1. The normalized spacial score (nSPS) is 13.8. The lowest BCUT2D eigenvalue weighted by Crippen LogP contribution is -2.36. The molecule has 7 nitrogen and oxygen atoms in total. The SMILES string of the molecule is Cc1nc2c(c(C)c1CCC(=O)N1CCCc3c(N)cccc31)c(=O)[nH]n2C. The summed E-state index contributed by atoms with van der Waals surface area (Å²) in [6.45, 7) is 4.58. The van der Waals surface area contributed by atoms with E-state index in [0.717, 1.165) is 46.6 Å². The molecule has 2 aromatic heterocycles. The molecule has 0 radical (unpaired) electrons. The zero-order chi connectivity index (χ0) is 20.0. The third-order valence-electron chi connectivity index (χ3n) is 5.75. The third-order valence-corrected chi connectivity index (χ3v) is 5.75. The molecular formula is C21H25N5O2. The molecule has 0 aliphatic carbocycles. The number of nitrogen functional groups attached to an aromatic ring is 1. The van der Waals surface area contributed by atoms with Crippen LogP contribution in [-0.2, 0) is 24.7 Å². The molecule has 28 heavy (non-hydrogen) atoms. The molecule has 0 saturated heterocycles. The lowest BCUT2D eigenvalue weighted by molar-refractivity contribution is -0.118. The minimum absolute atomic E-state index is 0.0763. The maximum absolute atomic E-state index is 13.0. The first kappa shape index (κ1) is 18.3. The molecule has 0 saturated carbocycles. The van der Waals surface area contributed by atoms with Gasteiger partial charge in [0.15, 0.2) is 5.65 Å². The molecule has 0 spiro atoms. The Balaban J connectivity index is 1.61. The van der Waals surface area contributed by atoms with Crippen LogP contribution >= 0.6 is 0 Å². The maximum Gasteiger partial charge on any atom is 0.273 e. The molecule has 1 aliphatic heterocycles. The van der Waals surface area contributed by atoms with Crippen LogP contribution in [0, 0.1) is 13.8 Å². The zero-order valence-corrected chi connectivity index (χ0v) is 16.5. The fourth-order valence-corrected chi connectivity index (χ4v) is 4.29. The van der Waals surface area contributed by atoms with Crippen molar-refractivity contribution in [2.45, 2.75) is 39.5 Å². The van der Waals surface area contributed by atoms with Crippen LogP contribution in [0.3, 0.4) is 0 Å². The highest BCUT2D eigenvalue weighted by Crippen LogP contribution is 2.32. The van der Waals surface area contributed by atoms with Crippen LogP contribution in [0.4, 0.5) is 11.4 Å². The number of H-pyrrole nitrogens is 1. The van der Waals surface area contributed by atoms with Crippen molar-refractivity contribution in [2.24, 2.45) is 7.05 Å². The van der Waals surface area contributed by atoms with E-state index in [4.69, 9.17) is 5.73 Å². The van der Waals surface area contributed by atoms with Crippen LogP contribution in [0.2, 0.25) is 0 Å². The topological polar surface area (TPSA) is 97.0 Å². The molecule has 0 bridgehead atoms. The van der Waals surface area contributed by atoms with Crippen molar-refractivity contribution in [2.75, 3.05) is 17.2 Å². The number of aromatic nitrogens is 3. The first-order valence-corrected chi connectivity index (χ1v) is 9.61. The zero-order valence-electron chi connectivity index (χ0n) is 16.5. The van der Waals surface area contributed by atoms with Gasteiger partial charge in [-0.25, -0.2) is 4.98 Å². The largest absolute Gasteiger partial charge is 0.398 e. The van der Waals surface area contributed by atoms with Crippen LogP contribution in [0.5, 0.6) is 0 Å². The summed E-state index contributed by atoms with van der Waals surface area (Å²) in [5.74, 6) is 0.0763. The van der Waals surface area contributed by atoms with Gasteiger partial charge in [0.05, 0.1) is 5.39 Å². The molecule has 3 heterocycles. The summed E-state index contributed by atoms with van der Waals surface area (Å²) < 4.78 is 1.64. The van der Waals surface area contributed by atoms with Crippen molar-refractivity contribution in [3.05, 3.63) is 50.9 Å². The van der Waals surface area contributed by atoms with Crippen molar-refractivity contribution < 1.29 is 4.79 Å². The Hall–Kier alpha value is -3.09. The van der Waals surface area contributed by atoms with Crippen molar-refractivity contribution >= 4 is 28.3 Å². The highest BCUT2D eigenvalue weighted by Gasteiger charge is 2.24. The molecular weight excluding hydrogens is 354 g/mol. The van der Waals surface area contributed by atoms with E-state index in [1.165, 1.54) is 0 Å². The number of hydrogen-bond acceptors (Lipinski definition) is 4. The van der Waals surface area contributed by atoms with Gasteiger partial charge in [0.2, 0.25) is 5.91 Å². The quantitative estimate of drug-likeness (QED) is 0.683. The van der Waals surface area contributed by atoms with Gasteiger partial charge >= 0.3 is 0 Å². The Kier molecular flexibility index (Phi) is 4.45. The highest BCUT2D eigenvalue weighted by atomic mass is 16.2. The van der Waals surface area contributed by atoms with Crippen LogP contribution in [-0.4, -0.2) is 27.2 Å². The second-order valence-electron chi connectivity index (χ2n) is 7.49. The predicted octanol–water partition coefficient (Wildman–Crippen LogP) is 2.37. The number of pyridine rings is 1. The van der Waals surface area contributed by atoms with E-state index < -0.39 is 0 Å². The van der Waals surface area contributed by atoms with Crippen molar-refractivity contribution in [3.63, 3.8) is 0 Å². The number of carbonyl (C=O) groups excluding carboxylic acids is 1. The van der Waals surface area contributed by atoms with Gasteiger partial charge in [0.1, 0.15) is 0 Å². The fraction of sp³-hybridized carbons (Fsp3) is 0.381.